The number of carbonyl (C=O) groups excluding carboxylic acids is 1. The molecule has 2 aromatic carbocycles. The third-order valence-electron chi connectivity index (χ3n) is 3.79. The molecule has 0 radical (unpaired) electrons. The minimum atomic E-state index is -0.500. The van der Waals surface area contributed by atoms with Crippen LogP contribution in [0.5, 0.6) is 0 Å². The summed E-state index contributed by atoms with van der Waals surface area (Å²) >= 11 is 4.20. The van der Waals surface area contributed by atoms with Crippen molar-refractivity contribution >= 4 is 24.2 Å². The van der Waals surface area contributed by atoms with E-state index in [0.29, 0.717) is 11.4 Å². The Bertz CT molecular complexity index is 686. The van der Waals surface area contributed by atoms with Gasteiger partial charge in [0.15, 0.2) is 0 Å². The van der Waals surface area contributed by atoms with Gasteiger partial charge in [-0.15, -0.1) is 12.6 Å². The summed E-state index contributed by atoms with van der Waals surface area (Å²) < 4.78 is 14.0. The number of fused-ring (bicyclic) bond motifs is 1. The van der Waals surface area contributed by atoms with Crippen LogP contribution >= 0.6 is 12.6 Å². The number of thiol groups is 1. The lowest BCUT2D eigenvalue weighted by Crippen LogP contribution is -2.32. The zero-order chi connectivity index (χ0) is 14.8. The van der Waals surface area contributed by atoms with Gasteiger partial charge in [-0.2, -0.15) is 0 Å². The third kappa shape index (κ3) is 2.81. The molecule has 0 aromatic heterocycles. The molecular formula is C17H16FNOS. The summed E-state index contributed by atoms with van der Waals surface area (Å²) in [5.41, 5.74) is 2.12. The third-order valence-corrected chi connectivity index (χ3v) is 4.06. The summed E-state index contributed by atoms with van der Waals surface area (Å²) in [7, 11) is 0. The summed E-state index contributed by atoms with van der Waals surface area (Å²) in [6, 6.07) is 12.2. The second-order valence-electron chi connectivity index (χ2n) is 5.21. The molecule has 2 nitrogen and oxygen atoms in total. The van der Waals surface area contributed by atoms with Crippen molar-refractivity contribution in [1.29, 1.82) is 0 Å². The predicted octanol–water partition coefficient (Wildman–Crippen LogP) is 4.10. The van der Waals surface area contributed by atoms with Crippen LogP contribution in [0.4, 0.5) is 10.1 Å². The molecule has 4 heteroatoms. The maximum Gasteiger partial charge on any atom is 0.261 e. The van der Waals surface area contributed by atoms with Gasteiger partial charge in [0.1, 0.15) is 5.82 Å². The molecule has 1 aliphatic rings. The number of halogens is 1. The van der Waals surface area contributed by atoms with Crippen LogP contribution in [0.2, 0.25) is 0 Å². The van der Waals surface area contributed by atoms with Gasteiger partial charge < -0.3 is 4.90 Å². The number of nitrogens with zero attached hydrogens (tertiary/aromatic N) is 1. The van der Waals surface area contributed by atoms with Gasteiger partial charge >= 0.3 is 0 Å². The van der Waals surface area contributed by atoms with E-state index in [9.17, 15) is 9.18 Å². The molecule has 0 saturated heterocycles. The average molecular weight is 301 g/mol. The fourth-order valence-electron chi connectivity index (χ4n) is 2.72. The van der Waals surface area contributed by atoms with Crippen LogP contribution in [0.15, 0.2) is 47.4 Å². The van der Waals surface area contributed by atoms with Crippen LogP contribution in [0.3, 0.4) is 0 Å². The van der Waals surface area contributed by atoms with E-state index in [4.69, 9.17) is 0 Å². The number of rotatable bonds is 1. The molecule has 0 saturated carbocycles. The minimum absolute atomic E-state index is 0.0826. The van der Waals surface area contributed by atoms with E-state index in [1.54, 1.807) is 11.0 Å². The molecule has 0 fully saturated rings. The van der Waals surface area contributed by atoms with E-state index in [1.165, 1.54) is 12.1 Å². The van der Waals surface area contributed by atoms with Crippen molar-refractivity contribution in [2.24, 2.45) is 0 Å². The second kappa shape index (κ2) is 5.90. The number of para-hydroxylation sites is 1. The summed E-state index contributed by atoms with van der Waals surface area (Å²) in [6.45, 7) is 0.617. The fraction of sp³-hybridized carbons (Fsp3) is 0.235. The number of aryl methyl sites for hydroxylation is 1. The number of carbonyl (C=O) groups is 1. The smallest absolute Gasteiger partial charge is 0.261 e. The number of amides is 1. The van der Waals surface area contributed by atoms with E-state index >= 15 is 0 Å². The first-order chi connectivity index (χ1) is 10.2. The van der Waals surface area contributed by atoms with Gasteiger partial charge in [-0.05, 0) is 49.1 Å². The van der Waals surface area contributed by atoms with E-state index in [0.717, 1.165) is 30.5 Å². The predicted molar refractivity (Wildman–Crippen MR) is 84.7 cm³/mol. The Morgan fingerprint density at radius 1 is 1.14 bits per heavy atom. The Balaban J connectivity index is 2.03. The Morgan fingerprint density at radius 3 is 2.81 bits per heavy atom. The SMILES string of the molecule is O=C(c1cc(S)ccc1F)N1CCCCc2ccccc21. The zero-order valence-electron chi connectivity index (χ0n) is 11.6. The molecule has 0 atom stereocenters. The van der Waals surface area contributed by atoms with Crippen molar-refractivity contribution in [3.8, 4) is 0 Å². The molecule has 0 bridgehead atoms. The highest BCUT2D eigenvalue weighted by molar-refractivity contribution is 7.80. The molecule has 1 amide bonds. The topological polar surface area (TPSA) is 20.3 Å². The number of anilines is 1. The Hall–Kier alpha value is -1.81. The first kappa shape index (κ1) is 14.1. The summed E-state index contributed by atoms with van der Waals surface area (Å²) in [5, 5.41) is 0. The maximum absolute atomic E-state index is 14.0. The Kier molecular flexibility index (Phi) is 3.97. The largest absolute Gasteiger partial charge is 0.308 e. The van der Waals surface area contributed by atoms with Crippen molar-refractivity contribution < 1.29 is 9.18 Å². The quantitative estimate of drug-likeness (QED) is 0.786. The number of hydrogen-bond donors (Lipinski definition) is 1. The van der Waals surface area contributed by atoms with Crippen LogP contribution < -0.4 is 4.90 Å². The van der Waals surface area contributed by atoms with E-state index in [2.05, 4.69) is 12.6 Å². The Labute approximate surface area is 129 Å². The monoisotopic (exact) mass is 301 g/mol. The van der Waals surface area contributed by atoms with Gasteiger partial charge in [0.25, 0.3) is 5.91 Å². The molecule has 108 valence electrons. The highest BCUT2D eigenvalue weighted by Crippen LogP contribution is 2.28. The molecule has 0 unspecified atom stereocenters. The molecule has 0 spiro atoms. The lowest BCUT2D eigenvalue weighted by Gasteiger charge is -2.23. The van der Waals surface area contributed by atoms with Gasteiger partial charge in [0.2, 0.25) is 0 Å². The highest BCUT2D eigenvalue weighted by atomic mass is 32.1. The van der Waals surface area contributed by atoms with Crippen LogP contribution in [0.1, 0.15) is 28.8 Å². The molecule has 0 aliphatic carbocycles. The number of benzene rings is 2. The van der Waals surface area contributed by atoms with Gasteiger partial charge in [0, 0.05) is 17.1 Å². The first-order valence-corrected chi connectivity index (χ1v) is 7.50. The molecule has 21 heavy (non-hydrogen) atoms. The van der Waals surface area contributed by atoms with Gasteiger partial charge in [-0.3, -0.25) is 4.79 Å². The van der Waals surface area contributed by atoms with Crippen molar-refractivity contribution in [3.63, 3.8) is 0 Å². The van der Waals surface area contributed by atoms with Crippen LogP contribution in [-0.4, -0.2) is 12.5 Å². The first-order valence-electron chi connectivity index (χ1n) is 7.05. The fourth-order valence-corrected chi connectivity index (χ4v) is 2.93. The molecular weight excluding hydrogens is 285 g/mol. The lowest BCUT2D eigenvalue weighted by atomic mass is 10.1. The normalized spacial score (nSPS) is 14.5. The highest BCUT2D eigenvalue weighted by Gasteiger charge is 2.24. The van der Waals surface area contributed by atoms with Crippen molar-refractivity contribution in [2.75, 3.05) is 11.4 Å². The summed E-state index contributed by atoms with van der Waals surface area (Å²) in [5.74, 6) is -0.794. The second-order valence-corrected chi connectivity index (χ2v) is 5.72. The van der Waals surface area contributed by atoms with Crippen molar-refractivity contribution in [1.82, 2.24) is 0 Å². The number of hydrogen-bond acceptors (Lipinski definition) is 2. The van der Waals surface area contributed by atoms with Crippen LogP contribution in [-0.2, 0) is 6.42 Å². The van der Waals surface area contributed by atoms with Crippen molar-refractivity contribution in [2.45, 2.75) is 24.2 Å². The summed E-state index contributed by atoms with van der Waals surface area (Å²) in [4.78, 5) is 15.0. The zero-order valence-corrected chi connectivity index (χ0v) is 12.4. The summed E-state index contributed by atoms with van der Waals surface area (Å²) in [6.07, 6.45) is 2.91. The maximum atomic E-state index is 14.0. The van der Waals surface area contributed by atoms with Crippen LogP contribution in [0, 0.1) is 5.82 Å². The molecule has 1 heterocycles. The molecule has 2 aromatic rings. The van der Waals surface area contributed by atoms with Crippen LogP contribution in [0.25, 0.3) is 0 Å². The van der Waals surface area contributed by atoms with Gasteiger partial charge in [-0.25, -0.2) is 4.39 Å². The molecule has 1 aliphatic heterocycles. The molecule has 0 N–H and O–H groups in total. The van der Waals surface area contributed by atoms with E-state index in [1.807, 2.05) is 24.3 Å². The van der Waals surface area contributed by atoms with Gasteiger partial charge in [-0.1, -0.05) is 18.2 Å². The standard InChI is InChI=1S/C17H16FNOS/c18-15-9-8-13(21)11-14(15)17(20)19-10-4-3-6-12-5-1-2-7-16(12)19/h1-2,5,7-9,11,21H,3-4,6,10H2. The van der Waals surface area contributed by atoms with Gasteiger partial charge in [0.05, 0.1) is 5.56 Å². The lowest BCUT2D eigenvalue weighted by molar-refractivity contribution is 0.0983. The van der Waals surface area contributed by atoms with E-state index in [-0.39, 0.29) is 11.5 Å². The molecule has 3 rings (SSSR count). The van der Waals surface area contributed by atoms with E-state index < -0.39 is 5.82 Å². The average Bonchev–Trinajstić information content (AvgIpc) is 2.71. The van der Waals surface area contributed by atoms with Crippen molar-refractivity contribution in [3.05, 3.63) is 59.4 Å². The minimum Gasteiger partial charge on any atom is -0.308 e. The Morgan fingerprint density at radius 2 is 1.95 bits per heavy atom.